The van der Waals surface area contributed by atoms with Crippen molar-refractivity contribution in [1.82, 2.24) is 0 Å². The highest BCUT2D eigenvalue weighted by molar-refractivity contribution is 5.54. The summed E-state index contributed by atoms with van der Waals surface area (Å²) in [5, 5.41) is 9.71. The van der Waals surface area contributed by atoms with Gasteiger partial charge in [-0.25, -0.2) is 0 Å². The molecule has 0 heterocycles. The number of hydrogen-bond donors (Lipinski definition) is 1. The third-order valence-electron chi connectivity index (χ3n) is 2.84. The summed E-state index contributed by atoms with van der Waals surface area (Å²) in [7, 11) is 3.72. The average molecular weight is 223 g/mol. The molecule has 0 fully saturated rings. The molecular formula is C13H21NO2. The number of nitrogens with zero attached hydrogens (tertiary/aromatic N) is 1. The second-order valence-electron chi connectivity index (χ2n) is 4.15. The summed E-state index contributed by atoms with van der Waals surface area (Å²) >= 11 is 0. The zero-order chi connectivity index (χ0) is 12.1. The molecule has 0 aliphatic rings. The van der Waals surface area contributed by atoms with E-state index >= 15 is 0 Å². The minimum Gasteiger partial charge on any atom is -0.389 e. The molecule has 1 unspecified atom stereocenters. The summed E-state index contributed by atoms with van der Waals surface area (Å²) in [6, 6.07) is 8.19. The molecular weight excluding hydrogens is 202 g/mol. The van der Waals surface area contributed by atoms with Gasteiger partial charge in [0.05, 0.1) is 12.7 Å². The molecule has 3 nitrogen and oxygen atoms in total. The van der Waals surface area contributed by atoms with Crippen LogP contribution in [0.3, 0.4) is 0 Å². The van der Waals surface area contributed by atoms with Gasteiger partial charge in [0.1, 0.15) is 0 Å². The maximum Gasteiger partial charge on any atom is 0.0781 e. The van der Waals surface area contributed by atoms with Gasteiger partial charge in [0.2, 0.25) is 0 Å². The molecule has 1 rings (SSSR count). The zero-order valence-electron chi connectivity index (χ0n) is 10.5. The Hall–Kier alpha value is -1.06. The second kappa shape index (κ2) is 5.87. The number of aliphatic hydroxyl groups excluding tert-OH is 1. The van der Waals surface area contributed by atoms with Gasteiger partial charge in [0.25, 0.3) is 0 Å². The number of anilines is 1. The second-order valence-corrected chi connectivity index (χ2v) is 4.15. The van der Waals surface area contributed by atoms with E-state index in [0.29, 0.717) is 6.61 Å². The molecule has 0 saturated carbocycles. The molecule has 2 atom stereocenters. The van der Waals surface area contributed by atoms with Crippen molar-refractivity contribution in [1.29, 1.82) is 0 Å². The van der Waals surface area contributed by atoms with Crippen molar-refractivity contribution in [2.24, 2.45) is 0 Å². The van der Waals surface area contributed by atoms with Crippen LogP contribution in [0.25, 0.3) is 0 Å². The number of likely N-dealkylation sites (N-methyl/N-ethyl adjacent to an activating group) is 1. The lowest BCUT2D eigenvalue weighted by atomic mass is 10.1. The predicted molar refractivity (Wildman–Crippen MR) is 66.8 cm³/mol. The number of ether oxygens (including phenoxy) is 1. The summed E-state index contributed by atoms with van der Waals surface area (Å²) in [6.07, 6.45) is -0.451. The van der Waals surface area contributed by atoms with Crippen molar-refractivity contribution >= 4 is 5.69 Å². The van der Waals surface area contributed by atoms with Crippen molar-refractivity contribution < 1.29 is 9.84 Å². The Morgan fingerprint density at radius 1 is 1.31 bits per heavy atom. The van der Waals surface area contributed by atoms with Gasteiger partial charge in [-0.3, -0.25) is 0 Å². The lowest BCUT2D eigenvalue weighted by Gasteiger charge is -2.29. The van der Waals surface area contributed by atoms with Crippen LogP contribution in [-0.4, -0.2) is 31.9 Å². The largest absolute Gasteiger partial charge is 0.389 e. The highest BCUT2D eigenvalue weighted by Crippen LogP contribution is 2.26. The summed E-state index contributed by atoms with van der Waals surface area (Å²) in [5.74, 6) is 0. The predicted octanol–water partition coefficient (Wildman–Crippen LogP) is 2.21. The number of rotatable bonds is 5. The van der Waals surface area contributed by atoms with Crippen LogP contribution in [0.15, 0.2) is 24.3 Å². The number of hydrogen-bond acceptors (Lipinski definition) is 3. The van der Waals surface area contributed by atoms with Gasteiger partial charge in [0.15, 0.2) is 0 Å². The summed E-state index contributed by atoms with van der Waals surface area (Å²) in [4.78, 5) is 2.13. The Bertz CT molecular complexity index is 325. The zero-order valence-corrected chi connectivity index (χ0v) is 10.5. The average Bonchev–Trinajstić information content (AvgIpc) is 2.28. The Balaban J connectivity index is 2.93. The van der Waals surface area contributed by atoms with Crippen molar-refractivity contribution in [3.8, 4) is 0 Å². The van der Waals surface area contributed by atoms with Crippen LogP contribution < -0.4 is 4.90 Å². The van der Waals surface area contributed by atoms with Crippen molar-refractivity contribution in [3.63, 3.8) is 0 Å². The van der Waals surface area contributed by atoms with E-state index in [4.69, 9.17) is 4.74 Å². The van der Waals surface area contributed by atoms with Gasteiger partial charge in [-0.05, 0) is 19.9 Å². The Morgan fingerprint density at radius 2 is 1.94 bits per heavy atom. The van der Waals surface area contributed by atoms with E-state index in [9.17, 15) is 5.11 Å². The molecule has 3 heteroatoms. The fourth-order valence-corrected chi connectivity index (χ4v) is 1.75. The molecule has 16 heavy (non-hydrogen) atoms. The molecule has 0 spiro atoms. The van der Waals surface area contributed by atoms with Crippen LogP contribution in [-0.2, 0) is 4.74 Å². The molecule has 0 radical (unpaired) electrons. The fourth-order valence-electron chi connectivity index (χ4n) is 1.75. The molecule has 0 amide bonds. The minimum atomic E-state index is -0.451. The van der Waals surface area contributed by atoms with Gasteiger partial charge >= 0.3 is 0 Å². The highest BCUT2D eigenvalue weighted by atomic mass is 16.5. The van der Waals surface area contributed by atoms with Gasteiger partial charge in [-0.2, -0.15) is 0 Å². The normalized spacial score (nSPS) is 14.6. The van der Waals surface area contributed by atoms with E-state index in [1.54, 1.807) is 14.0 Å². The molecule has 1 aromatic rings. The van der Waals surface area contributed by atoms with Gasteiger partial charge < -0.3 is 14.7 Å². The Kier molecular flexibility index (Phi) is 4.77. The van der Waals surface area contributed by atoms with Crippen LogP contribution in [0, 0.1) is 0 Å². The van der Waals surface area contributed by atoms with Crippen molar-refractivity contribution in [3.05, 3.63) is 29.8 Å². The molecule has 0 aromatic heterocycles. The van der Waals surface area contributed by atoms with Gasteiger partial charge in [-0.15, -0.1) is 0 Å². The first-order valence-corrected chi connectivity index (χ1v) is 5.56. The van der Waals surface area contributed by atoms with Gasteiger partial charge in [0, 0.05) is 31.5 Å². The highest BCUT2D eigenvalue weighted by Gasteiger charge is 2.15. The first kappa shape index (κ1) is 13.0. The van der Waals surface area contributed by atoms with E-state index in [2.05, 4.69) is 11.8 Å². The quantitative estimate of drug-likeness (QED) is 0.830. The third-order valence-corrected chi connectivity index (χ3v) is 2.84. The monoisotopic (exact) mass is 223 g/mol. The topological polar surface area (TPSA) is 32.7 Å². The minimum absolute atomic E-state index is 0.282. The number of para-hydroxylation sites is 1. The smallest absolute Gasteiger partial charge is 0.0781 e. The van der Waals surface area contributed by atoms with E-state index in [1.165, 1.54) is 0 Å². The van der Waals surface area contributed by atoms with Gasteiger partial charge in [-0.1, -0.05) is 18.2 Å². The van der Waals surface area contributed by atoms with Crippen LogP contribution in [0.4, 0.5) is 5.69 Å². The fraction of sp³-hybridized carbons (Fsp3) is 0.538. The number of methoxy groups -OCH3 is 1. The van der Waals surface area contributed by atoms with E-state index in [-0.39, 0.29) is 6.04 Å². The van der Waals surface area contributed by atoms with Crippen molar-refractivity contribution in [2.75, 3.05) is 25.7 Å². The molecule has 0 aliphatic carbocycles. The first-order valence-electron chi connectivity index (χ1n) is 5.56. The first-order chi connectivity index (χ1) is 7.57. The molecule has 0 aliphatic heterocycles. The molecule has 0 bridgehead atoms. The van der Waals surface area contributed by atoms with Crippen LogP contribution in [0.1, 0.15) is 25.5 Å². The summed E-state index contributed by atoms with van der Waals surface area (Å²) < 4.78 is 5.14. The van der Waals surface area contributed by atoms with Crippen molar-refractivity contribution in [2.45, 2.75) is 26.0 Å². The SMILES string of the molecule is COCC(C)N(C)c1ccccc1[C@@H](C)O. The van der Waals surface area contributed by atoms with E-state index in [0.717, 1.165) is 11.3 Å². The molecule has 0 saturated heterocycles. The lowest BCUT2D eigenvalue weighted by molar-refractivity contribution is 0.182. The molecule has 1 aromatic carbocycles. The standard InChI is InChI=1S/C13H21NO2/c1-10(9-16-4)14(3)13-8-6-5-7-12(13)11(2)15/h5-8,10-11,15H,9H2,1-4H3/t10?,11-/m1/s1. The molecule has 90 valence electrons. The van der Waals surface area contributed by atoms with Crippen LogP contribution in [0.2, 0.25) is 0 Å². The van der Waals surface area contributed by atoms with E-state index in [1.807, 2.05) is 31.3 Å². The van der Waals surface area contributed by atoms with Crippen LogP contribution in [0.5, 0.6) is 0 Å². The number of benzene rings is 1. The van der Waals surface area contributed by atoms with Crippen LogP contribution >= 0.6 is 0 Å². The maximum atomic E-state index is 9.71. The summed E-state index contributed by atoms with van der Waals surface area (Å²) in [6.45, 7) is 4.56. The summed E-state index contributed by atoms with van der Waals surface area (Å²) in [5.41, 5.74) is 2.01. The number of aliphatic hydroxyl groups is 1. The Labute approximate surface area is 97.7 Å². The van der Waals surface area contributed by atoms with E-state index < -0.39 is 6.10 Å². The third kappa shape index (κ3) is 2.97. The lowest BCUT2D eigenvalue weighted by Crippen LogP contribution is -2.33. The molecule has 1 N–H and O–H groups in total. The Morgan fingerprint density at radius 3 is 2.50 bits per heavy atom. The maximum absolute atomic E-state index is 9.71.